The van der Waals surface area contributed by atoms with Gasteiger partial charge < -0.3 is 4.90 Å². The van der Waals surface area contributed by atoms with Crippen LogP contribution in [0.25, 0.3) is 33.4 Å². The second-order valence-corrected chi connectivity index (χ2v) is 17.5. The number of anilines is 3. The molecular weight excluding hydrogens is 615 g/mol. The van der Waals surface area contributed by atoms with Gasteiger partial charge in [-0.2, -0.15) is 0 Å². The van der Waals surface area contributed by atoms with Gasteiger partial charge in [-0.05, 0) is 153 Å². The molecule has 4 atom stereocenters. The minimum absolute atomic E-state index is 0.0601. The predicted molar refractivity (Wildman–Crippen MR) is 210 cm³/mol. The van der Waals surface area contributed by atoms with E-state index in [1.165, 1.54) is 93.7 Å². The van der Waals surface area contributed by atoms with Gasteiger partial charge in [-0.25, -0.2) is 0 Å². The summed E-state index contributed by atoms with van der Waals surface area (Å²) in [5.74, 6) is 3.44. The van der Waals surface area contributed by atoms with Crippen LogP contribution in [-0.4, -0.2) is 0 Å². The highest BCUT2D eigenvalue weighted by Gasteiger charge is 2.79. The highest BCUT2D eigenvalue weighted by molar-refractivity contribution is 5.89. The van der Waals surface area contributed by atoms with Gasteiger partial charge in [0.1, 0.15) is 0 Å². The van der Waals surface area contributed by atoms with E-state index >= 15 is 0 Å². The summed E-state index contributed by atoms with van der Waals surface area (Å²) < 4.78 is 0. The minimum atomic E-state index is -0.0601. The number of fused-ring (bicyclic) bond motifs is 12. The van der Waals surface area contributed by atoms with Crippen molar-refractivity contribution in [1.82, 2.24) is 0 Å². The third-order valence-corrected chi connectivity index (χ3v) is 15.1. The zero-order valence-electron chi connectivity index (χ0n) is 29.6. The first-order chi connectivity index (χ1) is 25.0. The molecule has 12 rings (SSSR count). The van der Waals surface area contributed by atoms with Crippen molar-refractivity contribution in [2.24, 2.45) is 29.1 Å². The van der Waals surface area contributed by atoms with Crippen molar-refractivity contribution in [3.05, 3.63) is 162 Å². The molecule has 6 aromatic rings. The van der Waals surface area contributed by atoms with Crippen LogP contribution in [-0.2, 0) is 10.8 Å². The van der Waals surface area contributed by atoms with E-state index in [9.17, 15) is 0 Å². The molecule has 1 heteroatoms. The van der Waals surface area contributed by atoms with Gasteiger partial charge in [0.05, 0.1) is 0 Å². The number of nitrogens with zero attached hydrogens (tertiary/aromatic N) is 1. The van der Waals surface area contributed by atoms with Crippen molar-refractivity contribution in [1.29, 1.82) is 0 Å². The Bertz CT molecular complexity index is 2390. The van der Waals surface area contributed by atoms with Gasteiger partial charge in [0.25, 0.3) is 0 Å². The van der Waals surface area contributed by atoms with Crippen molar-refractivity contribution in [3.8, 4) is 33.4 Å². The fourth-order valence-electron chi connectivity index (χ4n) is 13.5. The Morgan fingerprint density at radius 3 is 1.65 bits per heavy atom. The Labute approximate surface area is 302 Å². The SMILES string of the molecule is CC1(C)c2ccccc2-c2ccc(N(c3ccc(-c4ccccc4)cc3)c3ccc4c(c3)C3(c5ccccc5-4)C4CC5CC6CC3C4(C5)C6)cc21. The zero-order chi connectivity index (χ0) is 33.7. The lowest BCUT2D eigenvalue weighted by Gasteiger charge is -2.64. The Morgan fingerprint density at radius 2 is 0.961 bits per heavy atom. The van der Waals surface area contributed by atoms with Gasteiger partial charge in [-0.1, -0.05) is 117 Å². The number of hydrogen-bond donors (Lipinski definition) is 0. The second kappa shape index (κ2) is 9.71. The van der Waals surface area contributed by atoms with Crippen LogP contribution in [0, 0.1) is 29.1 Å². The molecule has 6 aliphatic carbocycles. The third kappa shape index (κ3) is 3.49. The van der Waals surface area contributed by atoms with Crippen LogP contribution < -0.4 is 4.90 Å². The summed E-state index contributed by atoms with van der Waals surface area (Å²) in [4.78, 5) is 2.55. The summed E-state index contributed by atoms with van der Waals surface area (Å²) in [6.45, 7) is 4.79. The molecule has 6 aliphatic rings. The summed E-state index contributed by atoms with van der Waals surface area (Å²) in [6.07, 6.45) is 7.33. The van der Waals surface area contributed by atoms with Gasteiger partial charge in [-0.15, -0.1) is 0 Å². The number of rotatable bonds is 4. The molecular formula is C50H43N. The Balaban J connectivity index is 1.05. The molecule has 248 valence electrons. The Kier molecular flexibility index (Phi) is 5.48. The first-order valence-corrected chi connectivity index (χ1v) is 19.4. The van der Waals surface area contributed by atoms with E-state index in [2.05, 4.69) is 158 Å². The molecule has 0 heterocycles. The average Bonchev–Trinajstić information content (AvgIpc) is 3.77. The number of benzene rings is 6. The molecule has 0 saturated heterocycles. The van der Waals surface area contributed by atoms with Crippen molar-refractivity contribution < 1.29 is 0 Å². The molecule has 0 aromatic heterocycles. The first kappa shape index (κ1) is 28.8. The quantitative estimate of drug-likeness (QED) is 0.182. The highest BCUT2D eigenvalue weighted by atomic mass is 15.1. The summed E-state index contributed by atoms with van der Waals surface area (Å²) in [5, 5.41) is 0. The predicted octanol–water partition coefficient (Wildman–Crippen LogP) is 12.9. The van der Waals surface area contributed by atoms with E-state index in [4.69, 9.17) is 0 Å². The molecule has 3 bridgehead atoms. The Morgan fingerprint density at radius 1 is 0.451 bits per heavy atom. The summed E-state index contributed by atoms with van der Waals surface area (Å²) >= 11 is 0. The third-order valence-electron chi connectivity index (χ3n) is 15.1. The fraction of sp³-hybridized carbons (Fsp3) is 0.280. The normalized spacial score (nSPS) is 28.9. The van der Waals surface area contributed by atoms with Gasteiger partial charge in [-0.3, -0.25) is 0 Å². The molecule has 0 N–H and O–H groups in total. The van der Waals surface area contributed by atoms with Crippen LogP contribution in [0.15, 0.2) is 140 Å². The van der Waals surface area contributed by atoms with E-state index < -0.39 is 0 Å². The lowest BCUT2D eigenvalue weighted by molar-refractivity contribution is -0.0820. The Hall–Kier alpha value is -4.88. The average molecular weight is 658 g/mol. The van der Waals surface area contributed by atoms with Crippen LogP contribution in [0.1, 0.15) is 68.2 Å². The van der Waals surface area contributed by atoms with Gasteiger partial charge in [0.15, 0.2) is 0 Å². The van der Waals surface area contributed by atoms with Crippen molar-refractivity contribution >= 4 is 17.1 Å². The molecule has 6 aromatic carbocycles. The lowest BCUT2D eigenvalue weighted by atomic mass is 9.38. The summed E-state index contributed by atoms with van der Waals surface area (Å²) in [5.41, 5.74) is 18.7. The van der Waals surface area contributed by atoms with Crippen LogP contribution in [0.3, 0.4) is 0 Å². The van der Waals surface area contributed by atoms with Crippen LogP contribution >= 0.6 is 0 Å². The van der Waals surface area contributed by atoms with E-state index in [0.29, 0.717) is 5.41 Å². The second-order valence-electron chi connectivity index (χ2n) is 17.5. The van der Waals surface area contributed by atoms with Crippen LogP contribution in [0.5, 0.6) is 0 Å². The molecule has 2 spiro atoms. The zero-order valence-corrected chi connectivity index (χ0v) is 29.6. The van der Waals surface area contributed by atoms with Gasteiger partial charge in [0, 0.05) is 27.9 Å². The molecule has 0 radical (unpaired) electrons. The standard InChI is InChI=1S/C50H43N/c1-48(2)42-14-8-6-12-38(42)40-22-20-36(27-44(40)48)51(35-18-16-34(17-19-35)33-10-4-3-5-11-33)37-21-23-41-39-13-7-9-15-43(39)50(45(41)28-37)46-25-31-24-32-26-47(50)49(46,29-31)30-32/h3-23,27-28,31-32,46-47H,24-26,29-30H2,1-2H3. The smallest absolute Gasteiger partial charge is 0.0465 e. The summed E-state index contributed by atoms with van der Waals surface area (Å²) in [7, 11) is 0. The van der Waals surface area contributed by atoms with Crippen molar-refractivity contribution in [2.45, 2.75) is 56.8 Å². The topological polar surface area (TPSA) is 3.24 Å². The van der Waals surface area contributed by atoms with E-state index in [0.717, 1.165) is 23.7 Å². The van der Waals surface area contributed by atoms with E-state index in [1.54, 1.807) is 11.1 Å². The summed E-state index contributed by atoms with van der Waals surface area (Å²) in [6, 6.07) is 53.4. The molecule has 4 unspecified atom stereocenters. The van der Waals surface area contributed by atoms with E-state index in [1.807, 2.05) is 0 Å². The van der Waals surface area contributed by atoms with Crippen LogP contribution in [0.4, 0.5) is 17.1 Å². The molecule has 51 heavy (non-hydrogen) atoms. The molecule has 0 aliphatic heterocycles. The van der Waals surface area contributed by atoms with Gasteiger partial charge in [0.2, 0.25) is 0 Å². The fourth-order valence-corrected chi connectivity index (χ4v) is 13.5. The maximum Gasteiger partial charge on any atom is 0.0465 e. The molecule has 4 saturated carbocycles. The maximum absolute atomic E-state index is 2.65. The minimum Gasteiger partial charge on any atom is -0.310 e. The number of hydrogen-bond acceptors (Lipinski definition) is 1. The van der Waals surface area contributed by atoms with Gasteiger partial charge >= 0.3 is 0 Å². The van der Waals surface area contributed by atoms with E-state index in [-0.39, 0.29) is 10.8 Å². The van der Waals surface area contributed by atoms with Crippen molar-refractivity contribution in [3.63, 3.8) is 0 Å². The lowest BCUT2D eigenvalue weighted by Crippen LogP contribution is -2.62. The molecule has 1 nitrogen and oxygen atoms in total. The largest absolute Gasteiger partial charge is 0.310 e. The monoisotopic (exact) mass is 657 g/mol. The molecule has 4 fully saturated rings. The maximum atomic E-state index is 2.65. The van der Waals surface area contributed by atoms with Crippen LogP contribution in [0.2, 0.25) is 0 Å². The molecule has 0 amide bonds. The highest BCUT2D eigenvalue weighted by Crippen LogP contribution is 2.85. The van der Waals surface area contributed by atoms with Crippen molar-refractivity contribution in [2.75, 3.05) is 4.90 Å². The first-order valence-electron chi connectivity index (χ1n) is 19.4.